The Labute approximate surface area is 125 Å². The van der Waals surface area contributed by atoms with Gasteiger partial charge in [-0.3, -0.25) is 0 Å². The summed E-state index contributed by atoms with van der Waals surface area (Å²) in [5.74, 6) is 0.874. The molecule has 3 heteroatoms. The molecule has 2 rings (SSSR count). The van der Waals surface area contributed by atoms with Crippen LogP contribution in [0.5, 0.6) is 5.75 Å². The zero-order valence-electron chi connectivity index (χ0n) is 12.3. The lowest BCUT2D eigenvalue weighted by atomic mass is 10.1. The molecule has 2 aromatic carbocycles. The molecule has 0 atom stereocenters. The van der Waals surface area contributed by atoms with E-state index in [1.54, 1.807) is 7.11 Å². The first-order valence-corrected chi connectivity index (χ1v) is 7.03. The topological polar surface area (TPSA) is 41.5 Å². The second-order valence-corrected chi connectivity index (χ2v) is 4.70. The fraction of sp³-hybridized carbons (Fsp3) is 0.222. The van der Waals surface area contributed by atoms with Crippen molar-refractivity contribution in [3.63, 3.8) is 0 Å². The maximum absolute atomic E-state index is 9.27. The number of aliphatic hydroxyl groups excluding tert-OH is 1. The third kappa shape index (κ3) is 4.45. The average Bonchev–Trinajstić information content (AvgIpc) is 2.55. The second kappa shape index (κ2) is 8.25. The summed E-state index contributed by atoms with van der Waals surface area (Å²) in [5, 5.41) is 12.6. The van der Waals surface area contributed by atoms with Crippen LogP contribution in [-0.4, -0.2) is 18.8 Å². The van der Waals surface area contributed by atoms with E-state index in [1.807, 2.05) is 54.6 Å². The second-order valence-electron chi connectivity index (χ2n) is 4.70. The molecule has 3 nitrogen and oxygen atoms in total. The molecule has 110 valence electrons. The van der Waals surface area contributed by atoms with E-state index in [0.717, 1.165) is 35.5 Å². The van der Waals surface area contributed by atoms with Crippen LogP contribution >= 0.6 is 0 Å². The summed E-state index contributed by atoms with van der Waals surface area (Å²) in [6, 6.07) is 15.8. The van der Waals surface area contributed by atoms with Crippen LogP contribution in [0.15, 0.2) is 54.6 Å². The lowest BCUT2D eigenvalue weighted by Gasteiger charge is -2.07. The van der Waals surface area contributed by atoms with Crippen molar-refractivity contribution in [2.45, 2.75) is 13.2 Å². The molecule has 0 aliphatic rings. The van der Waals surface area contributed by atoms with Gasteiger partial charge in [0.1, 0.15) is 5.75 Å². The first kappa shape index (κ1) is 15.3. The predicted molar refractivity (Wildman–Crippen MR) is 86.1 cm³/mol. The first-order valence-electron chi connectivity index (χ1n) is 7.03. The fourth-order valence-corrected chi connectivity index (χ4v) is 2.16. The van der Waals surface area contributed by atoms with Gasteiger partial charge < -0.3 is 15.2 Å². The number of methoxy groups -OCH3 is 1. The average molecular weight is 283 g/mol. The summed E-state index contributed by atoms with van der Waals surface area (Å²) >= 11 is 0. The zero-order valence-corrected chi connectivity index (χ0v) is 12.3. The van der Waals surface area contributed by atoms with Crippen molar-refractivity contribution in [2.24, 2.45) is 0 Å². The molecule has 0 saturated heterocycles. The van der Waals surface area contributed by atoms with Gasteiger partial charge in [-0.2, -0.15) is 0 Å². The molecule has 0 radical (unpaired) electrons. The van der Waals surface area contributed by atoms with Crippen molar-refractivity contribution in [3.8, 4) is 5.75 Å². The maximum atomic E-state index is 9.27. The van der Waals surface area contributed by atoms with Crippen molar-refractivity contribution < 1.29 is 9.84 Å². The highest BCUT2D eigenvalue weighted by atomic mass is 16.5. The van der Waals surface area contributed by atoms with Crippen molar-refractivity contribution in [3.05, 3.63) is 71.3 Å². The number of ether oxygens (including phenoxy) is 1. The zero-order chi connectivity index (χ0) is 14.9. The third-order valence-electron chi connectivity index (χ3n) is 3.30. The van der Waals surface area contributed by atoms with E-state index in [0.29, 0.717) is 0 Å². The van der Waals surface area contributed by atoms with Crippen molar-refractivity contribution in [1.29, 1.82) is 0 Å². The number of hydrogen-bond donors (Lipinski definition) is 2. The summed E-state index contributed by atoms with van der Waals surface area (Å²) in [4.78, 5) is 0. The predicted octanol–water partition coefficient (Wildman–Crippen LogP) is 2.99. The highest BCUT2D eigenvalue weighted by molar-refractivity contribution is 5.57. The van der Waals surface area contributed by atoms with Crippen molar-refractivity contribution in [2.75, 3.05) is 13.7 Å². The van der Waals surface area contributed by atoms with Gasteiger partial charge in [-0.05, 0) is 17.2 Å². The molecular formula is C18H21NO2. The van der Waals surface area contributed by atoms with Gasteiger partial charge in [0.2, 0.25) is 0 Å². The first-order chi connectivity index (χ1) is 10.3. The Hall–Kier alpha value is -2.10. The molecule has 0 amide bonds. The Bertz CT molecular complexity index is 593. The summed E-state index contributed by atoms with van der Waals surface area (Å²) in [6.07, 6.45) is 4.11. The molecule has 0 unspecified atom stereocenters. The van der Waals surface area contributed by atoms with Crippen LogP contribution in [-0.2, 0) is 13.2 Å². The molecular weight excluding hydrogens is 262 g/mol. The van der Waals surface area contributed by atoms with E-state index in [1.165, 1.54) is 0 Å². The van der Waals surface area contributed by atoms with Gasteiger partial charge in [0.05, 0.1) is 13.7 Å². The normalized spacial score (nSPS) is 11.0. The Morgan fingerprint density at radius 2 is 1.76 bits per heavy atom. The molecule has 0 spiro atoms. The lowest BCUT2D eigenvalue weighted by Crippen LogP contribution is -2.14. The van der Waals surface area contributed by atoms with Gasteiger partial charge in [-0.1, -0.05) is 54.6 Å². The van der Waals surface area contributed by atoms with Gasteiger partial charge in [0.25, 0.3) is 0 Å². The van der Waals surface area contributed by atoms with Crippen LogP contribution < -0.4 is 10.1 Å². The summed E-state index contributed by atoms with van der Waals surface area (Å²) in [5.41, 5.74) is 3.17. The van der Waals surface area contributed by atoms with E-state index in [-0.39, 0.29) is 6.61 Å². The van der Waals surface area contributed by atoms with E-state index in [9.17, 15) is 5.11 Å². The van der Waals surface area contributed by atoms with Crippen molar-refractivity contribution in [1.82, 2.24) is 5.32 Å². The van der Waals surface area contributed by atoms with Gasteiger partial charge in [-0.15, -0.1) is 0 Å². The quantitative estimate of drug-likeness (QED) is 0.768. The molecule has 0 saturated carbocycles. The van der Waals surface area contributed by atoms with Crippen LogP contribution in [0.4, 0.5) is 0 Å². The highest BCUT2D eigenvalue weighted by Gasteiger charge is 1.99. The number of rotatable bonds is 7. The van der Waals surface area contributed by atoms with Crippen LogP contribution in [0, 0.1) is 0 Å². The van der Waals surface area contributed by atoms with E-state index in [4.69, 9.17) is 4.74 Å². The summed E-state index contributed by atoms with van der Waals surface area (Å²) in [7, 11) is 1.68. The maximum Gasteiger partial charge on any atom is 0.126 e. The molecule has 2 aromatic rings. The van der Waals surface area contributed by atoms with Crippen LogP contribution in [0.1, 0.15) is 16.7 Å². The van der Waals surface area contributed by atoms with E-state index >= 15 is 0 Å². The lowest BCUT2D eigenvalue weighted by molar-refractivity contribution is 0.280. The molecule has 0 aromatic heterocycles. The van der Waals surface area contributed by atoms with Gasteiger partial charge >= 0.3 is 0 Å². The molecule has 0 bridgehead atoms. The number of benzene rings is 2. The fourth-order valence-electron chi connectivity index (χ4n) is 2.16. The van der Waals surface area contributed by atoms with Crippen LogP contribution in [0.2, 0.25) is 0 Å². The molecule has 0 fully saturated rings. The molecule has 21 heavy (non-hydrogen) atoms. The standard InChI is InChI=1S/C18H21NO2/c1-21-18-11-5-4-7-15(18)10-6-12-19-13-16-8-2-3-9-17(16)14-20/h2-11,19-20H,12-14H2,1H3/b10-6+. The summed E-state index contributed by atoms with van der Waals surface area (Å²) in [6.45, 7) is 1.58. The number of para-hydroxylation sites is 1. The SMILES string of the molecule is COc1ccccc1/C=C/CNCc1ccccc1CO. The minimum Gasteiger partial charge on any atom is -0.496 e. The minimum absolute atomic E-state index is 0.0783. The number of nitrogens with one attached hydrogen (secondary N) is 1. The molecule has 2 N–H and O–H groups in total. The largest absolute Gasteiger partial charge is 0.496 e. The van der Waals surface area contributed by atoms with Gasteiger partial charge in [-0.25, -0.2) is 0 Å². The number of hydrogen-bond acceptors (Lipinski definition) is 3. The molecule has 0 aliphatic carbocycles. The summed E-state index contributed by atoms with van der Waals surface area (Å²) < 4.78 is 5.30. The molecule has 0 aliphatic heterocycles. The Balaban J connectivity index is 1.85. The van der Waals surface area contributed by atoms with E-state index < -0.39 is 0 Å². The Morgan fingerprint density at radius 1 is 1.05 bits per heavy atom. The van der Waals surface area contributed by atoms with Crippen LogP contribution in [0.25, 0.3) is 6.08 Å². The Kier molecular flexibility index (Phi) is 6.00. The monoisotopic (exact) mass is 283 g/mol. The Morgan fingerprint density at radius 3 is 2.52 bits per heavy atom. The third-order valence-corrected chi connectivity index (χ3v) is 3.30. The van der Waals surface area contributed by atoms with E-state index in [2.05, 4.69) is 11.4 Å². The minimum atomic E-state index is 0.0783. The number of aliphatic hydroxyl groups is 1. The van der Waals surface area contributed by atoms with Gasteiger partial charge in [0, 0.05) is 18.7 Å². The van der Waals surface area contributed by atoms with Gasteiger partial charge in [0.15, 0.2) is 0 Å². The van der Waals surface area contributed by atoms with Crippen molar-refractivity contribution >= 4 is 6.08 Å². The smallest absolute Gasteiger partial charge is 0.126 e. The highest BCUT2D eigenvalue weighted by Crippen LogP contribution is 2.18. The molecule has 0 heterocycles. The van der Waals surface area contributed by atoms with Crippen LogP contribution in [0.3, 0.4) is 0 Å².